The highest BCUT2D eigenvalue weighted by Gasteiger charge is 2.08. The molecule has 0 aliphatic rings. The van der Waals surface area contributed by atoms with Crippen LogP contribution >= 0.6 is 11.6 Å². The molecule has 0 bridgehead atoms. The third kappa shape index (κ3) is 5.36. The molecule has 0 unspecified atom stereocenters. The number of hydrogen-bond donors (Lipinski definition) is 0. The first-order valence-corrected chi connectivity index (χ1v) is 7.77. The third-order valence-corrected chi connectivity index (χ3v) is 3.58. The van der Waals surface area contributed by atoms with Gasteiger partial charge < -0.3 is 14.2 Å². The van der Waals surface area contributed by atoms with Gasteiger partial charge in [-0.05, 0) is 48.0 Å². The van der Waals surface area contributed by atoms with Crippen molar-refractivity contribution in [3.63, 3.8) is 0 Å². The van der Waals surface area contributed by atoms with E-state index in [0.717, 1.165) is 5.56 Å². The van der Waals surface area contributed by atoms with Crippen molar-refractivity contribution in [2.75, 3.05) is 20.8 Å². The predicted octanol–water partition coefficient (Wildman–Crippen LogP) is 3.80. The molecule has 2 aromatic rings. The number of ether oxygens (including phenoxy) is 3. The zero-order valence-corrected chi connectivity index (χ0v) is 14.6. The minimum atomic E-state index is -0.614. The molecule has 0 saturated carbocycles. The van der Waals surface area contributed by atoms with E-state index in [2.05, 4.69) is 0 Å². The number of Topliss-reactive ketones (excluding diaryl/α,β-unsaturated/α-hetero) is 1. The Kier molecular flexibility index (Phi) is 6.60. The van der Waals surface area contributed by atoms with Crippen molar-refractivity contribution in [2.45, 2.75) is 0 Å². The Morgan fingerprint density at radius 2 is 1.68 bits per heavy atom. The van der Waals surface area contributed by atoms with Gasteiger partial charge in [-0.1, -0.05) is 17.7 Å². The zero-order valence-electron chi connectivity index (χ0n) is 13.8. The molecular weight excluding hydrogens is 344 g/mol. The van der Waals surface area contributed by atoms with E-state index in [-0.39, 0.29) is 12.4 Å². The molecule has 130 valence electrons. The second-order valence-corrected chi connectivity index (χ2v) is 5.42. The maximum atomic E-state index is 11.9. The van der Waals surface area contributed by atoms with Gasteiger partial charge in [0.1, 0.15) is 0 Å². The van der Waals surface area contributed by atoms with Crippen LogP contribution in [0.4, 0.5) is 0 Å². The third-order valence-electron chi connectivity index (χ3n) is 3.33. The van der Waals surface area contributed by atoms with E-state index in [0.29, 0.717) is 22.1 Å². The number of ketones is 1. The highest BCUT2D eigenvalue weighted by molar-refractivity contribution is 6.30. The van der Waals surface area contributed by atoms with Crippen molar-refractivity contribution in [3.8, 4) is 11.5 Å². The molecule has 0 aromatic heterocycles. The van der Waals surface area contributed by atoms with E-state index < -0.39 is 5.97 Å². The first-order valence-electron chi connectivity index (χ1n) is 7.39. The van der Waals surface area contributed by atoms with Crippen LogP contribution in [0.1, 0.15) is 15.9 Å². The molecule has 0 spiro atoms. The number of halogens is 1. The van der Waals surface area contributed by atoms with Crippen molar-refractivity contribution in [1.82, 2.24) is 0 Å². The lowest BCUT2D eigenvalue weighted by Crippen LogP contribution is -2.12. The van der Waals surface area contributed by atoms with Gasteiger partial charge in [0.25, 0.3) is 0 Å². The lowest BCUT2D eigenvalue weighted by Gasteiger charge is -2.07. The van der Waals surface area contributed by atoms with E-state index in [1.54, 1.807) is 55.7 Å². The van der Waals surface area contributed by atoms with E-state index >= 15 is 0 Å². The summed E-state index contributed by atoms with van der Waals surface area (Å²) in [6.45, 7) is -0.337. The van der Waals surface area contributed by atoms with E-state index in [1.807, 2.05) is 0 Å². The quantitative estimate of drug-likeness (QED) is 0.427. The van der Waals surface area contributed by atoms with Crippen LogP contribution in [0.2, 0.25) is 5.02 Å². The largest absolute Gasteiger partial charge is 0.493 e. The van der Waals surface area contributed by atoms with Crippen LogP contribution in [0.25, 0.3) is 6.08 Å². The summed E-state index contributed by atoms with van der Waals surface area (Å²) in [5, 5.41) is 0.534. The van der Waals surface area contributed by atoms with Gasteiger partial charge in [0.05, 0.1) is 14.2 Å². The smallest absolute Gasteiger partial charge is 0.331 e. The topological polar surface area (TPSA) is 61.8 Å². The second-order valence-electron chi connectivity index (χ2n) is 4.99. The van der Waals surface area contributed by atoms with Crippen molar-refractivity contribution in [1.29, 1.82) is 0 Å². The molecule has 25 heavy (non-hydrogen) atoms. The lowest BCUT2D eigenvalue weighted by atomic mass is 10.1. The number of benzene rings is 2. The normalized spacial score (nSPS) is 10.5. The lowest BCUT2D eigenvalue weighted by molar-refractivity contribution is -0.136. The highest BCUT2D eigenvalue weighted by Crippen LogP contribution is 2.27. The average molecular weight is 361 g/mol. The van der Waals surface area contributed by atoms with Crippen molar-refractivity contribution < 1.29 is 23.8 Å². The average Bonchev–Trinajstić information content (AvgIpc) is 2.64. The van der Waals surface area contributed by atoms with Crippen LogP contribution in [0.3, 0.4) is 0 Å². The van der Waals surface area contributed by atoms with Gasteiger partial charge in [-0.25, -0.2) is 4.79 Å². The molecule has 0 amide bonds. The van der Waals surface area contributed by atoms with Crippen LogP contribution in [0.5, 0.6) is 11.5 Å². The summed E-state index contributed by atoms with van der Waals surface area (Å²) in [4.78, 5) is 23.7. The minimum absolute atomic E-state index is 0.301. The Hall–Kier alpha value is -2.79. The number of carbonyl (C=O) groups is 2. The van der Waals surface area contributed by atoms with Crippen LogP contribution in [0, 0.1) is 0 Å². The maximum absolute atomic E-state index is 11.9. The molecule has 6 heteroatoms. The minimum Gasteiger partial charge on any atom is -0.493 e. The number of hydrogen-bond acceptors (Lipinski definition) is 5. The Balaban J connectivity index is 1.92. The molecule has 2 aromatic carbocycles. The molecule has 0 radical (unpaired) electrons. The predicted molar refractivity (Wildman–Crippen MR) is 95.3 cm³/mol. The standard InChI is InChI=1S/C19H17ClO5/c1-23-17-9-3-13(11-18(17)24-2)4-10-19(22)25-12-16(21)14-5-7-15(20)8-6-14/h3-11H,12H2,1-2H3. The molecule has 0 saturated heterocycles. The number of rotatable bonds is 7. The Labute approximate surface area is 150 Å². The SMILES string of the molecule is COc1ccc(C=CC(=O)OCC(=O)c2ccc(Cl)cc2)cc1OC. The summed E-state index contributed by atoms with van der Waals surface area (Å²) in [6, 6.07) is 11.6. The summed E-state index contributed by atoms with van der Waals surface area (Å²) in [7, 11) is 3.07. The van der Waals surface area contributed by atoms with E-state index in [9.17, 15) is 9.59 Å². The van der Waals surface area contributed by atoms with Gasteiger partial charge in [0.15, 0.2) is 23.9 Å². The van der Waals surface area contributed by atoms with Gasteiger partial charge in [-0.15, -0.1) is 0 Å². The maximum Gasteiger partial charge on any atom is 0.331 e. The van der Waals surface area contributed by atoms with Crippen LogP contribution < -0.4 is 9.47 Å². The van der Waals surface area contributed by atoms with Crippen molar-refractivity contribution in [2.24, 2.45) is 0 Å². The highest BCUT2D eigenvalue weighted by atomic mass is 35.5. The van der Waals surface area contributed by atoms with Gasteiger partial charge in [0.2, 0.25) is 0 Å². The van der Waals surface area contributed by atoms with Crippen LogP contribution in [-0.2, 0) is 9.53 Å². The van der Waals surface area contributed by atoms with Gasteiger partial charge in [0, 0.05) is 16.7 Å². The first kappa shape index (κ1) is 18.5. The number of methoxy groups -OCH3 is 2. The summed E-state index contributed by atoms with van der Waals surface area (Å²) in [5.74, 6) is 0.230. The van der Waals surface area contributed by atoms with E-state index in [1.165, 1.54) is 13.2 Å². The molecule has 0 N–H and O–H groups in total. The van der Waals surface area contributed by atoms with Crippen LogP contribution in [0.15, 0.2) is 48.5 Å². The van der Waals surface area contributed by atoms with Crippen LogP contribution in [-0.4, -0.2) is 32.6 Å². The Morgan fingerprint density at radius 1 is 1.00 bits per heavy atom. The molecule has 5 nitrogen and oxygen atoms in total. The molecule has 2 rings (SSSR count). The second kappa shape index (κ2) is 8.89. The molecule has 0 heterocycles. The molecule has 0 aliphatic heterocycles. The number of esters is 1. The van der Waals surface area contributed by atoms with Gasteiger partial charge in [-0.3, -0.25) is 4.79 Å². The van der Waals surface area contributed by atoms with Crippen molar-refractivity contribution >= 4 is 29.4 Å². The number of carbonyl (C=O) groups excluding carboxylic acids is 2. The van der Waals surface area contributed by atoms with Gasteiger partial charge in [-0.2, -0.15) is 0 Å². The summed E-state index contributed by atoms with van der Waals surface area (Å²) >= 11 is 5.76. The first-order chi connectivity index (χ1) is 12.0. The summed E-state index contributed by atoms with van der Waals surface area (Å²) in [5.41, 5.74) is 1.17. The Bertz CT molecular complexity index is 781. The van der Waals surface area contributed by atoms with Crippen molar-refractivity contribution in [3.05, 3.63) is 64.7 Å². The molecule has 0 atom stereocenters. The summed E-state index contributed by atoms with van der Waals surface area (Å²) < 4.78 is 15.3. The molecular formula is C19H17ClO5. The molecule has 0 fully saturated rings. The fourth-order valence-electron chi connectivity index (χ4n) is 2.02. The molecule has 0 aliphatic carbocycles. The zero-order chi connectivity index (χ0) is 18.2. The van der Waals surface area contributed by atoms with Gasteiger partial charge >= 0.3 is 5.97 Å². The summed E-state index contributed by atoms with van der Waals surface area (Å²) in [6.07, 6.45) is 2.81. The fraction of sp³-hybridized carbons (Fsp3) is 0.158. The monoisotopic (exact) mass is 360 g/mol. The van der Waals surface area contributed by atoms with E-state index in [4.69, 9.17) is 25.8 Å². The fourth-order valence-corrected chi connectivity index (χ4v) is 2.15. The Morgan fingerprint density at radius 3 is 2.32 bits per heavy atom.